The Labute approximate surface area is 201 Å². The lowest BCUT2D eigenvalue weighted by Gasteiger charge is -2.56. The third-order valence-electron chi connectivity index (χ3n) is 7.61. The summed E-state index contributed by atoms with van der Waals surface area (Å²) in [6, 6.07) is 14.5. The van der Waals surface area contributed by atoms with Gasteiger partial charge in [-0.3, -0.25) is 14.2 Å². The van der Waals surface area contributed by atoms with Crippen LogP contribution in [0.15, 0.2) is 58.5 Å². The highest BCUT2D eigenvalue weighted by atomic mass is 35.5. The molecule has 7 heteroatoms. The Hall–Kier alpha value is -2.31. The molecule has 0 spiro atoms. The molecule has 1 aromatic heterocycles. The maximum Gasteiger partial charge on any atom is 0.266 e. The molecule has 170 valence electrons. The Morgan fingerprint density at radius 2 is 1.67 bits per heavy atom. The average Bonchev–Trinajstić information content (AvgIpc) is 2.77. The highest BCUT2D eigenvalue weighted by molar-refractivity contribution is 7.99. The lowest BCUT2D eigenvalue weighted by Crippen LogP contribution is -2.60. The van der Waals surface area contributed by atoms with Gasteiger partial charge in [0.15, 0.2) is 5.16 Å². The van der Waals surface area contributed by atoms with Crippen molar-refractivity contribution in [2.75, 3.05) is 5.75 Å². The maximum atomic E-state index is 13.4. The average molecular weight is 480 g/mol. The molecule has 33 heavy (non-hydrogen) atoms. The van der Waals surface area contributed by atoms with Crippen LogP contribution >= 0.6 is 23.4 Å². The molecule has 0 unspecified atom stereocenters. The molecule has 1 heterocycles. The SMILES string of the molecule is O=C(CSc1nc2ccccc2c(=O)n1-c1ccccc1Cl)NC12CC3CC(CC(C3)C1)C2. The third-order valence-corrected chi connectivity index (χ3v) is 8.87. The molecular formula is C26H26ClN3O2S. The minimum Gasteiger partial charge on any atom is -0.350 e. The Kier molecular flexibility index (Phi) is 5.26. The quantitative estimate of drug-likeness (QED) is 0.402. The number of hydrogen-bond acceptors (Lipinski definition) is 4. The summed E-state index contributed by atoms with van der Waals surface area (Å²) in [7, 11) is 0. The summed E-state index contributed by atoms with van der Waals surface area (Å²) in [4.78, 5) is 31.2. The molecule has 0 atom stereocenters. The van der Waals surface area contributed by atoms with E-state index in [1.807, 2.05) is 30.3 Å². The van der Waals surface area contributed by atoms with Gasteiger partial charge >= 0.3 is 0 Å². The van der Waals surface area contributed by atoms with Crippen LogP contribution < -0.4 is 10.9 Å². The van der Waals surface area contributed by atoms with Crippen molar-refractivity contribution in [3.05, 3.63) is 63.9 Å². The summed E-state index contributed by atoms with van der Waals surface area (Å²) in [6.45, 7) is 0. The zero-order valence-corrected chi connectivity index (χ0v) is 19.9. The molecule has 4 saturated carbocycles. The van der Waals surface area contributed by atoms with Crippen molar-refractivity contribution in [3.8, 4) is 5.69 Å². The van der Waals surface area contributed by atoms with Crippen LogP contribution in [0.5, 0.6) is 0 Å². The second-order valence-electron chi connectivity index (χ2n) is 10.0. The van der Waals surface area contributed by atoms with Crippen LogP contribution in [0.2, 0.25) is 5.02 Å². The topological polar surface area (TPSA) is 64.0 Å². The van der Waals surface area contributed by atoms with Gasteiger partial charge in [-0.15, -0.1) is 0 Å². The number of halogens is 1. The van der Waals surface area contributed by atoms with Crippen LogP contribution in [-0.4, -0.2) is 26.8 Å². The molecule has 0 saturated heterocycles. The fraction of sp³-hybridized carbons (Fsp3) is 0.423. The van der Waals surface area contributed by atoms with Gasteiger partial charge in [-0.2, -0.15) is 0 Å². The van der Waals surface area contributed by atoms with Gasteiger partial charge < -0.3 is 5.32 Å². The van der Waals surface area contributed by atoms with E-state index in [-0.39, 0.29) is 22.8 Å². The molecule has 4 aliphatic rings. The van der Waals surface area contributed by atoms with Crippen molar-refractivity contribution in [2.45, 2.75) is 49.2 Å². The van der Waals surface area contributed by atoms with E-state index in [0.29, 0.717) is 26.8 Å². The molecule has 3 aromatic rings. The molecule has 4 fully saturated rings. The standard InChI is InChI=1S/C26H26ClN3O2S/c27-20-6-2-4-8-22(20)30-24(32)19-5-1-3-7-21(19)28-25(30)33-15-23(31)29-26-12-16-9-17(13-26)11-18(10-16)14-26/h1-8,16-18H,9-15H2,(H,29,31). The van der Waals surface area contributed by atoms with Crippen LogP contribution in [0.4, 0.5) is 0 Å². The first-order chi connectivity index (χ1) is 16.0. The van der Waals surface area contributed by atoms with Crippen LogP contribution in [0.3, 0.4) is 0 Å². The molecule has 1 amide bonds. The van der Waals surface area contributed by atoms with E-state index in [1.165, 1.54) is 35.6 Å². The smallest absolute Gasteiger partial charge is 0.266 e. The molecule has 2 aromatic carbocycles. The number of carbonyl (C=O) groups excluding carboxylic acids is 1. The minimum absolute atomic E-state index is 0.0222. The van der Waals surface area contributed by atoms with E-state index >= 15 is 0 Å². The lowest BCUT2D eigenvalue weighted by molar-refractivity contribution is -0.124. The molecule has 0 radical (unpaired) electrons. The zero-order chi connectivity index (χ0) is 22.6. The lowest BCUT2D eigenvalue weighted by atomic mass is 9.53. The third kappa shape index (κ3) is 3.87. The van der Waals surface area contributed by atoms with E-state index in [1.54, 1.807) is 18.2 Å². The van der Waals surface area contributed by atoms with Crippen molar-refractivity contribution in [3.63, 3.8) is 0 Å². The fourth-order valence-electron chi connectivity index (χ4n) is 6.78. The molecule has 5 nitrogen and oxygen atoms in total. The number of aromatic nitrogens is 2. The number of benzene rings is 2. The number of nitrogens with one attached hydrogen (secondary N) is 1. The number of hydrogen-bond donors (Lipinski definition) is 1. The summed E-state index contributed by atoms with van der Waals surface area (Å²) >= 11 is 7.74. The van der Waals surface area contributed by atoms with Crippen LogP contribution in [0.25, 0.3) is 16.6 Å². The van der Waals surface area contributed by atoms with Crippen molar-refractivity contribution >= 4 is 40.2 Å². The van der Waals surface area contributed by atoms with Crippen LogP contribution in [0, 0.1) is 17.8 Å². The Morgan fingerprint density at radius 1 is 1.03 bits per heavy atom. The summed E-state index contributed by atoms with van der Waals surface area (Å²) < 4.78 is 1.54. The number of para-hydroxylation sites is 2. The molecule has 4 bridgehead atoms. The highest BCUT2D eigenvalue weighted by Crippen LogP contribution is 2.55. The van der Waals surface area contributed by atoms with Crippen molar-refractivity contribution in [2.24, 2.45) is 17.8 Å². The molecule has 0 aliphatic heterocycles. The van der Waals surface area contributed by atoms with Crippen molar-refractivity contribution in [1.82, 2.24) is 14.9 Å². The number of amides is 1. The summed E-state index contributed by atoms with van der Waals surface area (Å²) in [5.41, 5.74) is 0.991. The number of carbonyl (C=O) groups is 1. The first-order valence-corrected chi connectivity index (χ1v) is 13.1. The van der Waals surface area contributed by atoms with Gasteiger partial charge in [0.1, 0.15) is 0 Å². The predicted octanol–water partition coefficient (Wildman–Crippen LogP) is 5.22. The second-order valence-corrected chi connectivity index (χ2v) is 11.4. The van der Waals surface area contributed by atoms with E-state index in [9.17, 15) is 9.59 Å². The molecule has 4 aliphatic carbocycles. The Bertz CT molecular complexity index is 1270. The van der Waals surface area contributed by atoms with Gasteiger partial charge in [-0.05, 0) is 80.5 Å². The van der Waals surface area contributed by atoms with Gasteiger partial charge in [-0.25, -0.2) is 4.98 Å². The largest absolute Gasteiger partial charge is 0.350 e. The normalized spacial score (nSPS) is 27.7. The minimum atomic E-state index is -0.183. The molecule has 7 rings (SSSR count). The summed E-state index contributed by atoms with van der Waals surface area (Å²) in [5.74, 6) is 2.57. The summed E-state index contributed by atoms with van der Waals surface area (Å²) in [5, 5.41) is 4.89. The zero-order valence-electron chi connectivity index (χ0n) is 18.3. The van der Waals surface area contributed by atoms with E-state index in [2.05, 4.69) is 5.32 Å². The fourth-order valence-corrected chi connectivity index (χ4v) is 7.81. The van der Waals surface area contributed by atoms with Gasteiger partial charge in [0.25, 0.3) is 5.56 Å². The molecule has 1 N–H and O–H groups in total. The predicted molar refractivity (Wildman–Crippen MR) is 132 cm³/mol. The highest BCUT2D eigenvalue weighted by Gasteiger charge is 2.51. The van der Waals surface area contributed by atoms with Crippen molar-refractivity contribution in [1.29, 1.82) is 0 Å². The number of rotatable bonds is 5. The first kappa shape index (κ1) is 21.2. The second kappa shape index (κ2) is 8.17. The monoisotopic (exact) mass is 479 g/mol. The Morgan fingerprint density at radius 3 is 2.36 bits per heavy atom. The number of fused-ring (bicyclic) bond motifs is 1. The van der Waals surface area contributed by atoms with Gasteiger partial charge in [0.05, 0.1) is 27.4 Å². The Balaban J connectivity index is 1.29. The van der Waals surface area contributed by atoms with E-state index in [0.717, 1.165) is 37.0 Å². The van der Waals surface area contributed by atoms with Gasteiger partial charge in [0, 0.05) is 5.54 Å². The molecular weight excluding hydrogens is 454 g/mol. The van der Waals surface area contributed by atoms with Gasteiger partial charge in [-0.1, -0.05) is 47.6 Å². The van der Waals surface area contributed by atoms with E-state index < -0.39 is 0 Å². The maximum absolute atomic E-state index is 13.4. The van der Waals surface area contributed by atoms with Crippen LogP contribution in [0.1, 0.15) is 38.5 Å². The number of nitrogens with zero attached hydrogens (tertiary/aromatic N) is 2. The number of thioether (sulfide) groups is 1. The van der Waals surface area contributed by atoms with E-state index in [4.69, 9.17) is 16.6 Å². The van der Waals surface area contributed by atoms with Crippen molar-refractivity contribution < 1.29 is 4.79 Å². The first-order valence-electron chi connectivity index (χ1n) is 11.7. The summed E-state index contributed by atoms with van der Waals surface area (Å²) in [6.07, 6.45) is 7.38. The van der Waals surface area contributed by atoms with Crippen LogP contribution in [-0.2, 0) is 4.79 Å². The van der Waals surface area contributed by atoms with Gasteiger partial charge in [0.2, 0.25) is 5.91 Å².